The lowest BCUT2D eigenvalue weighted by molar-refractivity contribution is 0.0689. The summed E-state index contributed by atoms with van der Waals surface area (Å²) in [6.07, 6.45) is 0. The van der Waals surface area contributed by atoms with Crippen LogP contribution in [0.1, 0.15) is 21.6 Å². The normalized spacial score (nSPS) is 10.3. The molecule has 2 aromatic rings. The third-order valence-electron chi connectivity index (χ3n) is 3.12. The fourth-order valence-corrected chi connectivity index (χ4v) is 1.88. The van der Waals surface area contributed by atoms with Crippen molar-refractivity contribution < 1.29 is 14.6 Å². The molecule has 0 aliphatic heterocycles. The van der Waals surface area contributed by atoms with Crippen LogP contribution in [0.3, 0.4) is 0 Å². The number of hydrogen-bond donors (Lipinski definition) is 1. The van der Waals surface area contributed by atoms with Crippen molar-refractivity contribution in [2.75, 3.05) is 7.11 Å². The first-order valence-electron chi connectivity index (χ1n) is 5.76. The zero-order valence-corrected chi connectivity index (χ0v) is 11.0. The number of ether oxygens (including phenoxy) is 1. The van der Waals surface area contributed by atoms with Crippen molar-refractivity contribution in [1.82, 2.24) is 10.2 Å². The van der Waals surface area contributed by atoms with E-state index in [9.17, 15) is 4.79 Å². The van der Waals surface area contributed by atoms with Gasteiger partial charge in [0.2, 0.25) is 0 Å². The largest absolute Gasteiger partial charge is 0.496 e. The summed E-state index contributed by atoms with van der Waals surface area (Å²) in [5.74, 6) is -0.266. The second-order valence-electron chi connectivity index (χ2n) is 4.17. The van der Waals surface area contributed by atoms with Crippen molar-refractivity contribution in [1.29, 1.82) is 0 Å². The van der Waals surface area contributed by atoms with Crippen LogP contribution in [0.5, 0.6) is 5.75 Å². The Kier molecular flexibility index (Phi) is 3.46. The van der Waals surface area contributed by atoms with Crippen LogP contribution in [0.25, 0.3) is 11.3 Å². The van der Waals surface area contributed by atoms with Gasteiger partial charge in [-0.3, -0.25) is 0 Å². The maximum atomic E-state index is 10.7. The summed E-state index contributed by atoms with van der Waals surface area (Å²) in [6.45, 7) is 3.94. The Bertz CT molecular complexity index is 621. The molecule has 1 aromatic heterocycles. The van der Waals surface area contributed by atoms with Crippen molar-refractivity contribution >= 4 is 5.97 Å². The van der Waals surface area contributed by atoms with Gasteiger partial charge in [-0.25, -0.2) is 4.79 Å². The van der Waals surface area contributed by atoms with Crippen molar-refractivity contribution in [2.24, 2.45) is 0 Å². The van der Waals surface area contributed by atoms with Crippen molar-refractivity contribution in [3.63, 3.8) is 0 Å². The van der Waals surface area contributed by atoms with Crippen LogP contribution in [0.15, 0.2) is 24.3 Å². The van der Waals surface area contributed by atoms with E-state index in [0.29, 0.717) is 5.69 Å². The molecular weight excluding hydrogens is 244 g/mol. The summed E-state index contributed by atoms with van der Waals surface area (Å²) in [6, 6.07) is 6.87. The summed E-state index contributed by atoms with van der Waals surface area (Å²) in [4.78, 5) is 10.7. The lowest BCUT2D eigenvalue weighted by Crippen LogP contribution is -2.02. The fourth-order valence-electron chi connectivity index (χ4n) is 1.88. The standard InChI is InChI=1S/C14H14N2O3/c1-8-9(2)13(19-3)7-4-10(8)11-5-6-12(14(17)18)16-15-11/h4-7H,1-3H3,(H,17,18). The highest BCUT2D eigenvalue weighted by Crippen LogP contribution is 2.29. The Labute approximate surface area is 110 Å². The minimum atomic E-state index is -1.08. The first-order chi connectivity index (χ1) is 9.04. The predicted octanol–water partition coefficient (Wildman–Crippen LogP) is 2.47. The van der Waals surface area contributed by atoms with Gasteiger partial charge in [0.05, 0.1) is 12.8 Å². The number of aromatic nitrogens is 2. The molecule has 19 heavy (non-hydrogen) atoms. The molecule has 0 unspecified atom stereocenters. The van der Waals surface area contributed by atoms with Crippen LogP contribution in [-0.2, 0) is 0 Å². The first kappa shape index (κ1) is 13.0. The number of carboxylic acids is 1. The van der Waals surface area contributed by atoms with E-state index in [0.717, 1.165) is 22.4 Å². The molecule has 0 spiro atoms. The number of benzene rings is 1. The number of aromatic carboxylic acids is 1. The molecule has 0 atom stereocenters. The Morgan fingerprint density at radius 2 is 1.84 bits per heavy atom. The summed E-state index contributed by atoms with van der Waals surface area (Å²) >= 11 is 0. The molecule has 5 nitrogen and oxygen atoms in total. The van der Waals surface area contributed by atoms with Gasteiger partial charge in [0.1, 0.15) is 5.75 Å². The number of methoxy groups -OCH3 is 1. The third-order valence-corrected chi connectivity index (χ3v) is 3.12. The van der Waals surface area contributed by atoms with E-state index in [-0.39, 0.29) is 5.69 Å². The summed E-state index contributed by atoms with van der Waals surface area (Å²) in [5.41, 5.74) is 3.57. The van der Waals surface area contributed by atoms with Crippen LogP contribution < -0.4 is 4.74 Å². The molecular formula is C14H14N2O3. The highest BCUT2D eigenvalue weighted by atomic mass is 16.5. The molecule has 0 amide bonds. The summed E-state index contributed by atoms with van der Waals surface area (Å²) in [7, 11) is 1.63. The molecule has 1 N–H and O–H groups in total. The number of rotatable bonds is 3. The minimum Gasteiger partial charge on any atom is -0.496 e. The Morgan fingerprint density at radius 1 is 1.11 bits per heavy atom. The quantitative estimate of drug-likeness (QED) is 0.915. The second-order valence-corrected chi connectivity index (χ2v) is 4.17. The highest BCUT2D eigenvalue weighted by molar-refractivity contribution is 5.85. The number of hydrogen-bond acceptors (Lipinski definition) is 4. The topological polar surface area (TPSA) is 72.3 Å². The molecule has 5 heteroatoms. The smallest absolute Gasteiger partial charge is 0.356 e. The van der Waals surface area contributed by atoms with E-state index < -0.39 is 5.97 Å². The molecule has 0 aliphatic rings. The van der Waals surface area contributed by atoms with Gasteiger partial charge in [-0.05, 0) is 49.2 Å². The SMILES string of the molecule is COc1ccc(-c2ccc(C(=O)O)nn2)c(C)c1C. The zero-order chi connectivity index (χ0) is 14.0. The third kappa shape index (κ3) is 2.40. The molecule has 98 valence electrons. The summed E-state index contributed by atoms with van der Waals surface area (Å²) in [5, 5.41) is 16.4. The minimum absolute atomic E-state index is 0.0633. The number of carboxylic acid groups (broad SMARTS) is 1. The lowest BCUT2D eigenvalue weighted by Gasteiger charge is -2.11. The maximum Gasteiger partial charge on any atom is 0.356 e. The molecule has 2 rings (SSSR count). The van der Waals surface area contributed by atoms with Crippen molar-refractivity contribution in [3.8, 4) is 17.0 Å². The van der Waals surface area contributed by atoms with E-state index in [1.807, 2.05) is 26.0 Å². The fraction of sp³-hybridized carbons (Fsp3) is 0.214. The molecule has 1 heterocycles. The molecule has 0 fully saturated rings. The van der Waals surface area contributed by atoms with Crippen LogP contribution in [-0.4, -0.2) is 28.4 Å². The van der Waals surface area contributed by atoms with E-state index in [1.54, 1.807) is 13.2 Å². The molecule has 0 saturated carbocycles. The van der Waals surface area contributed by atoms with Gasteiger partial charge in [-0.2, -0.15) is 0 Å². The van der Waals surface area contributed by atoms with Gasteiger partial charge in [0, 0.05) is 5.56 Å². The van der Waals surface area contributed by atoms with Crippen LogP contribution >= 0.6 is 0 Å². The van der Waals surface area contributed by atoms with Gasteiger partial charge in [-0.1, -0.05) is 0 Å². The van der Waals surface area contributed by atoms with Gasteiger partial charge in [0.25, 0.3) is 0 Å². The molecule has 0 radical (unpaired) electrons. The van der Waals surface area contributed by atoms with Crippen molar-refractivity contribution in [3.05, 3.63) is 41.1 Å². The average molecular weight is 258 g/mol. The Balaban J connectivity index is 2.47. The second kappa shape index (κ2) is 5.06. The average Bonchev–Trinajstić information content (AvgIpc) is 2.42. The van der Waals surface area contributed by atoms with E-state index in [1.165, 1.54) is 6.07 Å². The Morgan fingerprint density at radius 3 is 2.37 bits per heavy atom. The van der Waals surface area contributed by atoms with E-state index in [4.69, 9.17) is 9.84 Å². The van der Waals surface area contributed by atoms with Crippen LogP contribution in [0.2, 0.25) is 0 Å². The van der Waals surface area contributed by atoms with Gasteiger partial charge >= 0.3 is 5.97 Å². The van der Waals surface area contributed by atoms with Crippen LogP contribution in [0.4, 0.5) is 0 Å². The zero-order valence-electron chi connectivity index (χ0n) is 11.0. The summed E-state index contributed by atoms with van der Waals surface area (Å²) < 4.78 is 5.25. The van der Waals surface area contributed by atoms with Gasteiger partial charge in [-0.15, -0.1) is 10.2 Å². The predicted molar refractivity (Wildman–Crippen MR) is 70.5 cm³/mol. The molecule has 0 aliphatic carbocycles. The highest BCUT2D eigenvalue weighted by Gasteiger charge is 2.11. The monoisotopic (exact) mass is 258 g/mol. The van der Waals surface area contributed by atoms with Crippen LogP contribution in [0, 0.1) is 13.8 Å². The maximum absolute atomic E-state index is 10.7. The van der Waals surface area contributed by atoms with E-state index >= 15 is 0 Å². The molecule has 0 bridgehead atoms. The Hall–Kier alpha value is -2.43. The van der Waals surface area contributed by atoms with Gasteiger partial charge < -0.3 is 9.84 Å². The molecule has 1 aromatic carbocycles. The first-order valence-corrected chi connectivity index (χ1v) is 5.76. The molecule has 0 saturated heterocycles. The van der Waals surface area contributed by atoms with Crippen molar-refractivity contribution in [2.45, 2.75) is 13.8 Å². The number of carbonyl (C=O) groups is 1. The van der Waals surface area contributed by atoms with Gasteiger partial charge in [0.15, 0.2) is 5.69 Å². The van der Waals surface area contributed by atoms with E-state index in [2.05, 4.69) is 10.2 Å². The number of nitrogens with zero attached hydrogens (tertiary/aromatic N) is 2. The lowest BCUT2D eigenvalue weighted by atomic mass is 10.00.